The van der Waals surface area contributed by atoms with E-state index in [4.69, 9.17) is 20.4 Å². The lowest BCUT2D eigenvalue weighted by Gasteiger charge is -2.33. The van der Waals surface area contributed by atoms with E-state index < -0.39 is 0 Å². The highest BCUT2D eigenvalue weighted by molar-refractivity contribution is 5.74. The molecule has 0 saturated carbocycles. The molecule has 2 saturated heterocycles. The summed E-state index contributed by atoms with van der Waals surface area (Å²) in [5, 5.41) is 22.9. The average Bonchev–Trinajstić information content (AvgIpc) is 3.16. The van der Waals surface area contributed by atoms with Crippen molar-refractivity contribution in [2.75, 3.05) is 63.1 Å². The smallest absolute Gasteiger partial charge is 0.407 e. The van der Waals surface area contributed by atoms with Gasteiger partial charge < -0.3 is 52.0 Å². The largest absolute Gasteiger partial charge is 0.483 e. The molecule has 0 radical (unpaired) electrons. The number of ether oxygens (including phenoxy) is 1. The Bertz CT molecular complexity index is 1450. The second-order valence-electron chi connectivity index (χ2n) is 16.9. The summed E-state index contributed by atoms with van der Waals surface area (Å²) in [6.07, 6.45) is 7.12. The number of piperidine rings is 2. The molecule has 326 valence electrons. The summed E-state index contributed by atoms with van der Waals surface area (Å²) in [6, 6.07) is 17.7. The van der Waals surface area contributed by atoms with Gasteiger partial charge in [0.2, 0.25) is 0 Å². The van der Waals surface area contributed by atoms with E-state index in [9.17, 15) is 14.4 Å². The number of carbonyl (C=O) groups is 4. The van der Waals surface area contributed by atoms with E-state index in [0.29, 0.717) is 43.5 Å². The SMILES string of the molecule is CC(C)CCNC(=O)N1CCC(Nc2ccc(CCN)cc2)CC1.CC(C)CCNC(=O)N1CCC(Nc2ccc(CCOC(=O)NC(C)(C)C)cc2)CC1.O=CO. The molecular formula is C44H74N8O6. The minimum atomic E-state index is -0.384. The maximum Gasteiger partial charge on any atom is 0.407 e. The van der Waals surface area contributed by atoms with Crippen LogP contribution in [-0.4, -0.2) is 110 Å². The van der Waals surface area contributed by atoms with Gasteiger partial charge in [-0.1, -0.05) is 52.0 Å². The van der Waals surface area contributed by atoms with Gasteiger partial charge in [0.25, 0.3) is 6.47 Å². The highest BCUT2D eigenvalue weighted by Gasteiger charge is 2.24. The minimum Gasteiger partial charge on any atom is -0.483 e. The molecule has 14 heteroatoms. The van der Waals surface area contributed by atoms with Crippen molar-refractivity contribution < 1.29 is 29.0 Å². The molecule has 2 aliphatic heterocycles. The Kier molecular flexibility index (Phi) is 23.1. The molecule has 0 unspecified atom stereocenters. The Morgan fingerprint density at radius 3 is 1.47 bits per heavy atom. The first-order valence-electron chi connectivity index (χ1n) is 21.1. The molecule has 0 atom stereocenters. The molecule has 58 heavy (non-hydrogen) atoms. The highest BCUT2D eigenvalue weighted by atomic mass is 16.5. The number of rotatable bonds is 15. The fraction of sp³-hybridized carbons (Fsp3) is 0.636. The zero-order chi connectivity index (χ0) is 42.9. The Morgan fingerprint density at radius 2 is 1.12 bits per heavy atom. The first-order chi connectivity index (χ1) is 27.6. The number of likely N-dealkylation sites (tertiary alicyclic amines) is 2. The van der Waals surface area contributed by atoms with Gasteiger partial charge in [-0.05, 0) is 119 Å². The number of anilines is 2. The van der Waals surface area contributed by atoms with Gasteiger partial charge in [0.15, 0.2) is 0 Å². The van der Waals surface area contributed by atoms with Crippen LogP contribution in [0.25, 0.3) is 0 Å². The second-order valence-corrected chi connectivity index (χ2v) is 16.9. The zero-order valence-electron chi connectivity index (χ0n) is 36.3. The number of benzene rings is 2. The van der Waals surface area contributed by atoms with E-state index in [1.165, 1.54) is 5.56 Å². The Morgan fingerprint density at radius 1 is 0.741 bits per heavy atom. The van der Waals surface area contributed by atoms with Crippen molar-refractivity contribution >= 4 is 36.0 Å². The van der Waals surface area contributed by atoms with Crippen LogP contribution in [0.1, 0.15) is 98.1 Å². The summed E-state index contributed by atoms with van der Waals surface area (Å²) in [5.41, 5.74) is 9.91. The van der Waals surface area contributed by atoms with Crippen molar-refractivity contribution in [2.24, 2.45) is 17.6 Å². The van der Waals surface area contributed by atoms with Gasteiger partial charge in [-0.2, -0.15) is 0 Å². The van der Waals surface area contributed by atoms with Gasteiger partial charge in [0.05, 0.1) is 6.61 Å². The fourth-order valence-corrected chi connectivity index (χ4v) is 6.39. The molecular weight excluding hydrogens is 737 g/mol. The number of nitrogens with zero attached hydrogens (tertiary/aromatic N) is 2. The Balaban J connectivity index is 0.000000385. The molecule has 2 aliphatic rings. The van der Waals surface area contributed by atoms with Crippen molar-refractivity contribution in [3.63, 3.8) is 0 Å². The Labute approximate surface area is 347 Å². The lowest BCUT2D eigenvalue weighted by molar-refractivity contribution is -0.122. The number of carboxylic acid groups (broad SMARTS) is 1. The molecule has 2 heterocycles. The van der Waals surface area contributed by atoms with Crippen molar-refractivity contribution in [1.82, 2.24) is 25.8 Å². The third kappa shape index (κ3) is 21.7. The predicted molar refractivity (Wildman–Crippen MR) is 234 cm³/mol. The Hall–Kier alpha value is -4.72. The highest BCUT2D eigenvalue weighted by Crippen LogP contribution is 2.19. The lowest BCUT2D eigenvalue weighted by atomic mass is 10.0. The van der Waals surface area contributed by atoms with Gasteiger partial charge >= 0.3 is 18.2 Å². The number of urea groups is 2. The molecule has 0 aromatic heterocycles. The topological polar surface area (TPSA) is 190 Å². The molecule has 8 N–H and O–H groups in total. The third-order valence-electron chi connectivity index (χ3n) is 9.74. The van der Waals surface area contributed by atoms with Crippen molar-refractivity contribution in [3.8, 4) is 0 Å². The summed E-state index contributed by atoms with van der Waals surface area (Å²) in [4.78, 5) is 48.3. The van der Waals surface area contributed by atoms with E-state index in [0.717, 1.165) is 101 Å². The fourth-order valence-electron chi connectivity index (χ4n) is 6.39. The number of amides is 5. The van der Waals surface area contributed by atoms with Crippen molar-refractivity contribution in [2.45, 2.75) is 117 Å². The number of carbonyl (C=O) groups excluding carboxylic acids is 3. The van der Waals surface area contributed by atoms with Gasteiger partial charge in [0, 0.05) is 74.7 Å². The van der Waals surface area contributed by atoms with Gasteiger partial charge in [0.1, 0.15) is 0 Å². The summed E-state index contributed by atoms with van der Waals surface area (Å²) in [6.45, 7) is 19.9. The summed E-state index contributed by atoms with van der Waals surface area (Å²) in [7, 11) is 0. The number of nitrogens with one attached hydrogen (secondary N) is 5. The van der Waals surface area contributed by atoms with Gasteiger partial charge in [-0.25, -0.2) is 14.4 Å². The van der Waals surface area contributed by atoms with Crippen LogP contribution in [0.4, 0.5) is 25.8 Å². The quantitative estimate of drug-likeness (QED) is 0.0938. The van der Waals surface area contributed by atoms with E-state index in [1.807, 2.05) is 30.6 Å². The molecule has 0 bridgehead atoms. The average molecular weight is 811 g/mol. The molecule has 4 rings (SSSR count). The van der Waals surface area contributed by atoms with E-state index in [-0.39, 0.29) is 30.2 Å². The van der Waals surface area contributed by atoms with Gasteiger partial charge in [-0.15, -0.1) is 0 Å². The number of hydrogen-bond acceptors (Lipinski definition) is 8. The number of hydrogen-bond donors (Lipinski definition) is 7. The van der Waals surface area contributed by atoms with Crippen molar-refractivity contribution in [3.05, 3.63) is 59.7 Å². The van der Waals surface area contributed by atoms with Gasteiger partial charge in [-0.3, -0.25) is 4.79 Å². The van der Waals surface area contributed by atoms with Crippen molar-refractivity contribution in [1.29, 1.82) is 0 Å². The predicted octanol–water partition coefficient (Wildman–Crippen LogP) is 6.91. The maximum atomic E-state index is 12.2. The standard InChI is InChI=1S/C24H40N4O3.C19H32N4O.CH2O2/c1-18(2)10-14-25-22(29)28-15-11-21(12-16-28)26-20-8-6-19(7-9-20)13-17-31-23(30)27-24(3,4)5;1-15(2)8-12-21-19(24)23-13-9-18(10-14-23)22-17-5-3-16(4-6-17)7-11-20;2-1-3/h6-9,18,21,26H,10-17H2,1-5H3,(H,25,29)(H,27,30);3-6,15,18,22H,7-14,20H2,1-2H3,(H,21,24);1H,(H,2,3). The molecule has 0 aliphatic carbocycles. The van der Waals surface area contributed by atoms with Crippen LogP contribution < -0.4 is 32.3 Å². The number of alkyl carbamates (subject to hydrolysis) is 1. The summed E-state index contributed by atoms with van der Waals surface area (Å²) in [5.74, 6) is 1.22. The lowest BCUT2D eigenvalue weighted by Crippen LogP contribution is -2.47. The van der Waals surface area contributed by atoms with Crippen LogP contribution in [0.2, 0.25) is 0 Å². The molecule has 2 fully saturated rings. The maximum absolute atomic E-state index is 12.2. The van der Waals surface area contributed by atoms with Crippen LogP contribution in [-0.2, 0) is 22.4 Å². The van der Waals surface area contributed by atoms with Crippen LogP contribution in [0.5, 0.6) is 0 Å². The summed E-state index contributed by atoms with van der Waals surface area (Å²) >= 11 is 0. The zero-order valence-corrected chi connectivity index (χ0v) is 36.3. The monoisotopic (exact) mass is 811 g/mol. The number of nitrogens with two attached hydrogens (primary N) is 1. The molecule has 5 amide bonds. The molecule has 2 aromatic carbocycles. The van der Waals surface area contributed by atoms with E-state index in [2.05, 4.69) is 103 Å². The first kappa shape index (κ1) is 49.4. The molecule has 2 aromatic rings. The molecule has 14 nitrogen and oxygen atoms in total. The minimum absolute atomic E-state index is 0.0573. The van der Waals surface area contributed by atoms with E-state index >= 15 is 0 Å². The van der Waals surface area contributed by atoms with E-state index in [1.54, 1.807) is 0 Å². The van der Waals surface area contributed by atoms with Crippen LogP contribution in [0, 0.1) is 11.8 Å². The third-order valence-corrected chi connectivity index (χ3v) is 9.74. The van der Waals surface area contributed by atoms with Crippen LogP contribution >= 0.6 is 0 Å². The van der Waals surface area contributed by atoms with Crippen LogP contribution in [0.3, 0.4) is 0 Å². The molecule has 0 spiro atoms. The van der Waals surface area contributed by atoms with Crippen LogP contribution in [0.15, 0.2) is 48.5 Å². The second kappa shape index (κ2) is 27.1. The first-order valence-corrected chi connectivity index (χ1v) is 21.1. The summed E-state index contributed by atoms with van der Waals surface area (Å²) < 4.78 is 5.24. The normalized spacial score (nSPS) is 14.7.